The van der Waals surface area contributed by atoms with E-state index in [0.29, 0.717) is 0 Å². The first kappa shape index (κ1) is 18.1. The first-order chi connectivity index (χ1) is 8.28. The van der Waals surface area contributed by atoms with E-state index in [1.165, 1.54) is 0 Å². The maximum atomic E-state index is 5.18. The third kappa shape index (κ3) is 11.0. The van der Waals surface area contributed by atoms with E-state index < -0.39 is 0 Å². The summed E-state index contributed by atoms with van der Waals surface area (Å²) in [5.74, 6) is 1.04. The lowest BCUT2D eigenvalue weighted by Gasteiger charge is -2.05. The predicted octanol–water partition coefficient (Wildman–Crippen LogP) is 4.89. The number of aliphatic imine (C=N–C) groups is 1. The molecule has 17 heavy (non-hydrogen) atoms. The summed E-state index contributed by atoms with van der Waals surface area (Å²) >= 11 is 0. The van der Waals surface area contributed by atoms with Crippen LogP contribution in [0, 0.1) is 0 Å². The Labute approximate surface area is 107 Å². The van der Waals surface area contributed by atoms with Gasteiger partial charge in [0.05, 0.1) is 12.9 Å². The van der Waals surface area contributed by atoms with E-state index in [1.807, 2.05) is 39.8 Å². The molecule has 0 unspecified atom stereocenters. The highest BCUT2D eigenvalue weighted by molar-refractivity contribution is 5.71. The summed E-state index contributed by atoms with van der Waals surface area (Å²) in [4.78, 5) is 4.27. The monoisotopic (exact) mass is 237 g/mol. The van der Waals surface area contributed by atoms with E-state index in [2.05, 4.69) is 11.6 Å². The molecule has 0 aliphatic heterocycles. The van der Waals surface area contributed by atoms with Gasteiger partial charge in [-0.05, 0) is 32.8 Å². The van der Waals surface area contributed by atoms with Gasteiger partial charge in [0.2, 0.25) is 0 Å². The maximum Gasteiger partial charge on any atom is 0.0913 e. The van der Waals surface area contributed by atoms with Gasteiger partial charge >= 0.3 is 0 Å². The number of ether oxygens (including phenoxy) is 1. The highest BCUT2D eigenvalue weighted by Gasteiger charge is 1.97. The SMILES string of the molecule is C=CC=N/C(=C\C)CCC/C(=C\C)OC.CC. The van der Waals surface area contributed by atoms with Gasteiger partial charge in [-0.25, -0.2) is 0 Å². The Morgan fingerprint density at radius 2 is 1.82 bits per heavy atom. The molecule has 0 heterocycles. The zero-order valence-corrected chi connectivity index (χ0v) is 12.0. The zero-order valence-electron chi connectivity index (χ0n) is 12.0. The molecule has 0 aromatic carbocycles. The molecule has 0 bridgehead atoms. The molecule has 0 radical (unpaired) electrons. The van der Waals surface area contributed by atoms with Crippen LogP contribution in [0.3, 0.4) is 0 Å². The van der Waals surface area contributed by atoms with Crippen molar-refractivity contribution >= 4 is 6.21 Å². The minimum atomic E-state index is 0.966. The van der Waals surface area contributed by atoms with Crippen molar-refractivity contribution in [2.75, 3.05) is 7.11 Å². The number of hydrogen-bond donors (Lipinski definition) is 0. The molecule has 0 aromatic rings. The van der Waals surface area contributed by atoms with Crippen LogP contribution in [0.15, 0.2) is 41.3 Å². The normalized spacial score (nSPS) is 12.1. The third-order valence-corrected chi connectivity index (χ3v) is 2.12. The molecule has 2 nitrogen and oxygen atoms in total. The number of hydrogen-bond acceptors (Lipinski definition) is 2. The Morgan fingerprint density at radius 1 is 1.18 bits per heavy atom. The van der Waals surface area contributed by atoms with Gasteiger partial charge < -0.3 is 4.74 Å². The van der Waals surface area contributed by atoms with E-state index in [1.54, 1.807) is 19.4 Å². The maximum absolute atomic E-state index is 5.18. The molecule has 0 rings (SSSR count). The molecular formula is C15H27NO. The number of allylic oxidation sites excluding steroid dienone is 5. The quantitative estimate of drug-likeness (QED) is 0.456. The van der Waals surface area contributed by atoms with Crippen molar-refractivity contribution in [1.29, 1.82) is 0 Å². The minimum absolute atomic E-state index is 0.966. The minimum Gasteiger partial charge on any atom is -0.501 e. The molecule has 2 heteroatoms. The first-order valence-electron chi connectivity index (χ1n) is 6.27. The number of nitrogens with zero attached hydrogens (tertiary/aromatic N) is 1. The smallest absolute Gasteiger partial charge is 0.0913 e. The number of methoxy groups -OCH3 is 1. The van der Waals surface area contributed by atoms with Gasteiger partial charge in [-0.15, -0.1) is 0 Å². The van der Waals surface area contributed by atoms with Gasteiger partial charge in [0, 0.05) is 18.3 Å². The zero-order chi connectivity index (χ0) is 13.5. The Bertz CT molecular complexity index is 262. The molecule has 0 fully saturated rings. The summed E-state index contributed by atoms with van der Waals surface area (Å²) < 4.78 is 5.18. The topological polar surface area (TPSA) is 21.6 Å². The van der Waals surface area contributed by atoms with Gasteiger partial charge in [-0.1, -0.05) is 32.6 Å². The highest BCUT2D eigenvalue weighted by Crippen LogP contribution is 2.13. The average Bonchev–Trinajstić information content (AvgIpc) is 2.40. The van der Waals surface area contributed by atoms with Gasteiger partial charge in [-0.2, -0.15) is 0 Å². The molecule has 0 atom stereocenters. The summed E-state index contributed by atoms with van der Waals surface area (Å²) in [6, 6.07) is 0. The average molecular weight is 237 g/mol. The van der Waals surface area contributed by atoms with Crippen molar-refractivity contribution in [1.82, 2.24) is 0 Å². The van der Waals surface area contributed by atoms with Crippen LogP contribution in [0.2, 0.25) is 0 Å². The Morgan fingerprint density at radius 3 is 2.24 bits per heavy atom. The summed E-state index contributed by atoms with van der Waals surface area (Å²) in [6.07, 6.45) is 10.4. The van der Waals surface area contributed by atoms with Crippen LogP contribution in [0.1, 0.15) is 47.0 Å². The van der Waals surface area contributed by atoms with Crippen molar-refractivity contribution in [3.8, 4) is 0 Å². The summed E-state index contributed by atoms with van der Waals surface area (Å²) in [5, 5.41) is 0. The summed E-state index contributed by atoms with van der Waals surface area (Å²) in [7, 11) is 1.71. The Kier molecular flexibility index (Phi) is 15.6. The van der Waals surface area contributed by atoms with Crippen LogP contribution in [0.25, 0.3) is 0 Å². The van der Waals surface area contributed by atoms with Gasteiger partial charge in [-0.3, -0.25) is 4.99 Å². The second-order valence-corrected chi connectivity index (χ2v) is 3.11. The number of rotatable bonds is 7. The lowest BCUT2D eigenvalue weighted by atomic mass is 10.1. The molecule has 0 amide bonds. The van der Waals surface area contributed by atoms with Gasteiger partial charge in [0.1, 0.15) is 0 Å². The molecule has 0 aliphatic rings. The van der Waals surface area contributed by atoms with E-state index in [0.717, 1.165) is 30.7 Å². The second kappa shape index (κ2) is 14.7. The third-order valence-electron chi connectivity index (χ3n) is 2.12. The van der Waals surface area contributed by atoms with E-state index in [-0.39, 0.29) is 0 Å². The summed E-state index contributed by atoms with van der Waals surface area (Å²) in [6.45, 7) is 11.6. The highest BCUT2D eigenvalue weighted by atomic mass is 16.5. The molecule has 0 spiro atoms. The summed E-state index contributed by atoms with van der Waals surface area (Å²) in [5.41, 5.74) is 1.10. The van der Waals surface area contributed by atoms with E-state index in [4.69, 9.17) is 4.74 Å². The van der Waals surface area contributed by atoms with Crippen LogP contribution < -0.4 is 0 Å². The largest absolute Gasteiger partial charge is 0.501 e. The molecule has 0 N–H and O–H groups in total. The fourth-order valence-electron chi connectivity index (χ4n) is 1.24. The Balaban J connectivity index is 0. The van der Waals surface area contributed by atoms with Crippen LogP contribution in [0.4, 0.5) is 0 Å². The fourth-order valence-corrected chi connectivity index (χ4v) is 1.24. The van der Waals surface area contributed by atoms with E-state index >= 15 is 0 Å². The van der Waals surface area contributed by atoms with Crippen molar-refractivity contribution in [2.24, 2.45) is 4.99 Å². The van der Waals surface area contributed by atoms with Crippen LogP contribution in [0.5, 0.6) is 0 Å². The van der Waals surface area contributed by atoms with Crippen LogP contribution in [-0.2, 0) is 4.74 Å². The van der Waals surface area contributed by atoms with Gasteiger partial charge in [0.25, 0.3) is 0 Å². The van der Waals surface area contributed by atoms with Crippen molar-refractivity contribution < 1.29 is 4.74 Å². The van der Waals surface area contributed by atoms with Crippen LogP contribution >= 0.6 is 0 Å². The molecule has 0 saturated carbocycles. The van der Waals surface area contributed by atoms with Crippen molar-refractivity contribution in [2.45, 2.75) is 47.0 Å². The predicted molar refractivity (Wildman–Crippen MR) is 78.4 cm³/mol. The molecule has 98 valence electrons. The van der Waals surface area contributed by atoms with Crippen LogP contribution in [-0.4, -0.2) is 13.3 Å². The Hall–Kier alpha value is -1.31. The van der Waals surface area contributed by atoms with Crippen molar-refractivity contribution in [3.05, 3.63) is 36.3 Å². The fraction of sp³-hybridized carbons (Fsp3) is 0.533. The molecule has 0 aromatic heterocycles. The standard InChI is InChI=1S/C13H21NO.C2H6/c1-5-11-14-12(6-2)9-8-10-13(7-3)15-4;1-2/h5-7,11H,1,8-10H2,2-4H3;1-2H3/b12-6-,13-7+,14-11?;. The molecular weight excluding hydrogens is 210 g/mol. The van der Waals surface area contributed by atoms with Gasteiger partial charge in [0.15, 0.2) is 0 Å². The lowest BCUT2D eigenvalue weighted by Crippen LogP contribution is -1.88. The second-order valence-electron chi connectivity index (χ2n) is 3.11. The van der Waals surface area contributed by atoms with Crippen molar-refractivity contribution in [3.63, 3.8) is 0 Å². The molecule has 0 saturated heterocycles. The molecule has 0 aliphatic carbocycles. The lowest BCUT2D eigenvalue weighted by molar-refractivity contribution is 0.274. The first-order valence-corrected chi connectivity index (χ1v) is 6.27. The van der Waals surface area contributed by atoms with E-state index in [9.17, 15) is 0 Å².